The van der Waals surface area contributed by atoms with Crippen molar-refractivity contribution in [1.82, 2.24) is 15.1 Å². The Hall–Kier alpha value is -0.330. The molecule has 1 heterocycles. The highest BCUT2D eigenvalue weighted by Gasteiger charge is 2.39. The maximum Gasteiger partial charge on any atom is 0.401 e. The van der Waals surface area contributed by atoms with Crippen LogP contribution in [-0.2, 0) is 0 Å². The first-order valence-electron chi connectivity index (χ1n) is 7.51. The van der Waals surface area contributed by atoms with Gasteiger partial charge in [-0.25, -0.2) is 0 Å². The first-order valence-corrected chi connectivity index (χ1v) is 7.51. The molecule has 0 aromatic heterocycles. The molecule has 0 aromatic rings. The Morgan fingerprint density at radius 1 is 1.20 bits per heavy atom. The Bertz CT molecular complexity index is 305. The number of halogens is 3. The molecule has 1 aliphatic carbocycles. The number of nitrogens with zero attached hydrogens (tertiary/aromatic N) is 2. The lowest BCUT2D eigenvalue weighted by Crippen LogP contribution is -2.58. The van der Waals surface area contributed by atoms with Crippen molar-refractivity contribution in [3.05, 3.63) is 0 Å². The summed E-state index contributed by atoms with van der Waals surface area (Å²) >= 11 is 0. The standard InChI is InChI=1S/C14H26F3N3/c1-19(2)13(6-3-7-13)10-18-12-4-8-20(9-5-12)11-14(15,16)17/h12,18H,3-11H2,1-2H3. The maximum atomic E-state index is 12.3. The molecule has 20 heavy (non-hydrogen) atoms. The van der Waals surface area contributed by atoms with E-state index in [0.29, 0.717) is 19.1 Å². The number of rotatable bonds is 5. The van der Waals surface area contributed by atoms with Crippen molar-refractivity contribution in [2.45, 2.75) is 49.9 Å². The third kappa shape index (κ3) is 4.09. The fourth-order valence-electron chi connectivity index (χ4n) is 3.25. The van der Waals surface area contributed by atoms with Gasteiger partial charge in [-0.2, -0.15) is 13.2 Å². The molecule has 2 aliphatic rings. The molecule has 0 spiro atoms. The number of piperidine rings is 1. The van der Waals surface area contributed by atoms with Gasteiger partial charge in [-0.1, -0.05) is 0 Å². The summed E-state index contributed by atoms with van der Waals surface area (Å²) in [6.07, 6.45) is 1.30. The monoisotopic (exact) mass is 293 g/mol. The Kier molecular flexibility index (Phi) is 4.97. The van der Waals surface area contributed by atoms with Gasteiger partial charge in [0.2, 0.25) is 0 Å². The number of likely N-dealkylation sites (N-methyl/N-ethyl adjacent to an activating group) is 1. The van der Waals surface area contributed by atoms with E-state index in [1.54, 1.807) is 0 Å². The zero-order chi connectivity index (χ0) is 14.8. The van der Waals surface area contributed by atoms with Gasteiger partial charge in [0, 0.05) is 18.1 Å². The lowest BCUT2D eigenvalue weighted by Gasteiger charge is -2.48. The molecule has 0 unspecified atom stereocenters. The van der Waals surface area contributed by atoms with E-state index in [4.69, 9.17) is 0 Å². The Balaban J connectivity index is 1.70. The molecule has 2 fully saturated rings. The van der Waals surface area contributed by atoms with Crippen molar-refractivity contribution < 1.29 is 13.2 Å². The second kappa shape index (κ2) is 6.20. The van der Waals surface area contributed by atoms with E-state index in [1.807, 2.05) is 0 Å². The average molecular weight is 293 g/mol. The SMILES string of the molecule is CN(C)C1(CNC2CCN(CC(F)(F)F)CC2)CCC1. The Morgan fingerprint density at radius 2 is 1.80 bits per heavy atom. The van der Waals surface area contributed by atoms with Crippen LogP contribution in [0.25, 0.3) is 0 Å². The highest BCUT2D eigenvalue weighted by Crippen LogP contribution is 2.35. The molecule has 1 aliphatic heterocycles. The molecule has 1 N–H and O–H groups in total. The summed E-state index contributed by atoms with van der Waals surface area (Å²) in [5, 5.41) is 3.58. The van der Waals surface area contributed by atoms with Crippen molar-refractivity contribution in [2.24, 2.45) is 0 Å². The first-order chi connectivity index (χ1) is 9.31. The van der Waals surface area contributed by atoms with Gasteiger partial charge >= 0.3 is 6.18 Å². The van der Waals surface area contributed by atoms with Crippen molar-refractivity contribution in [1.29, 1.82) is 0 Å². The van der Waals surface area contributed by atoms with Crippen LogP contribution in [0.5, 0.6) is 0 Å². The molecular formula is C14H26F3N3. The van der Waals surface area contributed by atoms with Crippen LogP contribution < -0.4 is 5.32 Å². The third-order valence-electron chi connectivity index (χ3n) is 4.94. The quantitative estimate of drug-likeness (QED) is 0.837. The summed E-state index contributed by atoms with van der Waals surface area (Å²) < 4.78 is 37.0. The number of hydrogen-bond acceptors (Lipinski definition) is 3. The highest BCUT2D eigenvalue weighted by atomic mass is 19.4. The molecule has 6 heteroatoms. The zero-order valence-corrected chi connectivity index (χ0v) is 12.5. The van der Waals surface area contributed by atoms with Gasteiger partial charge in [0.05, 0.1) is 6.54 Å². The van der Waals surface area contributed by atoms with E-state index in [1.165, 1.54) is 24.2 Å². The number of nitrogens with one attached hydrogen (secondary N) is 1. The van der Waals surface area contributed by atoms with Gasteiger partial charge in [0.15, 0.2) is 0 Å². The topological polar surface area (TPSA) is 18.5 Å². The van der Waals surface area contributed by atoms with Crippen LogP contribution in [0, 0.1) is 0 Å². The molecule has 0 aromatic carbocycles. The lowest BCUT2D eigenvalue weighted by molar-refractivity contribution is -0.148. The first kappa shape index (κ1) is 16.0. The third-order valence-corrected chi connectivity index (χ3v) is 4.94. The summed E-state index contributed by atoms with van der Waals surface area (Å²) in [5.41, 5.74) is 0.281. The molecule has 3 nitrogen and oxygen atoms in total. The van der Waals surface area contributed by atoms with Crippen LogP contribution in [0.4, 0.5) is 13.2 Å². The predicted molar refractivity (Wildman–Crippen MR) is 73.8 cm³/mol. The van der Waals surface area contributed by atoms with Gasteiger partial charge in [-0.3, -0.25) is 4.90 Å². The van der Waals surface area contributed by atoms with Gasteiger partial charge in [0.25, 0.3) is 0 Å². The summed E-state index contributed by atoms with van der Waals surface area (Å²) in [4.78, 5) is 3.81. The van der Waals surface area contributed by atoms with Gasteiger partial charge in [-0.05, 0) is 59.3 Å². The molecule has 0 amide bonds. The van der Waals surface area contributed by atoms with Crippen LogP contribution >= 0.6 is 0 Å². The van der Waals surface area contributed by atoms with E-state index < -0.39 is 12.7 Å². The summed E-state index contributed by atoms with van der Waals surface area (Å²) in [5.74, 6) is 0. The molecule has 0 atom stereocenters. The van der Waals surface area contributed by atoms with Crippen molar-refractivity contribution in [2.75, 3.05) is 40.3 Å². The van der Waals surface area contributed by atoms with Crippen molar-refractivity contribution in [3.63, 3.8) is 0 Å². The highest BCUT2D eigenvalue weighted by molar-refractivity contribution is 4.98. The van der Waals surface area contributed by atoms with Crippen LogP contribution in [0.3, 0.4) is 0 Å². The van der Waals surface area contributed by atoms with Gasteiger partial charge in [0.1, 0.15) is 0 Å². The van der Waals surface area contributed by atoms with Crippen molar-refractivity contribution >= 4 is 0 Å². The van der Waals surface area contributed by atoms with E-state index in [2.05, 4.69) is 24.3 Å². The predicted octanol–water partition coefficient (Wildman–Crippen LogP) is 2.09. The lowest BCUT2D eigenvalue weighted by atomic mass is 9.75. The second-order valence-electron chi connectivity index (χ2n) is 6.52. The smallest absolute Gasteiger partial charge is 0.312 e. The molecule has 1 saturated heterocycles. The van der Waals surface area contributed by atoms with E-state index in [-0.39, 0.29) is 5.54 Å². The van der Waals surface area contributed by atoms with Crippen LogP contribution in [0.1, 0.15) is 32.1 Å². The van der Waals surface area contributed by atoms with E-state index in [0.717, 1.165) is 19.4 Å². The van der Waals surface area contributed by atoms with E-state index in [9.17, 15) is 13.2 Å². The fourth-order valence-corrected chi connectivity index (χ4v) is 3.25. The maximum absolute atomic E-state index is 12.3. The van der Waals surface area contributed by atoms with Gasteiger partial charge in [-0.15, -0.1) is 0 Å². The van der Waals surface area contributed by atoms with Crippen LogP contribution in [-0.4, -0.2) is 67.8 Å². The largest absolute Gasteiger partial charge is 0.401 e. The average Bonchev–Trinajstić information content (AvgIpc) is 2.27. The normalized spacial score (nSPS) is 24.9. The molecule has 1 saturated carbocycles. The molecule has 0 radical (unpaired) electrons. The fraction of sp³-hybridized carbons (Fsp3) is 1.00. The van der Waals surface area contributed by atoms with Crippen LogP contribution in [0.2, 0.25) is 0 Å². The van der Waals surface area contributed by atoms with Crippen LogP contribution in [0.15, 0.2) is 0 Å². The Labute approximate surface area is 119 Å². The van der Waals surface area contributed by atoms with Gasteiger partial charge < -0.3 is 10.2 Å². The second-order valence-corrected chi connectivity index (χ2v) is 6.52. The summed E-state index contributed by atoms with van der Waals surface area (Å²) in [6.45, 7) is 1.30. The number of likely N-dealkylation sites (tertiary alicyclic amines) is 1. The number of alkyl halides is 3. The van der Waals surface area contributed by atoms with Crippen molar-refractivity contribution in [3.8, 4) is 0 Å². The summed E-state index contributed by atoms with van der Waals surface area (Å²) in [7, 11) is 4.24. The van der Waals surface area contributed by atoms with E-state index >= 15 is 0 Å². The minimum absolute atomic E-state index is 0.281. The zero-order valence-electron chi connectivity index (χ0n) is 12.5. The number of hydrogen-bond donors (Lipinski definition) is 1. The minimum atomic E-state index is -4.07. The Morgan fingerprint density at radius 3 is 2.20 bits per heavy atom. The summed E-state index contributed by atoms with van der Waals surface area (Å²) in [6, 6.07) is 0.372. The molecule has 0 bridgehead atoms. The molecule has 118 valence electrons. The molecule has 2 rings (SSSR count). The molecular weight excluding hydrogens is 267 g/mol. The minimum Gasteiger partial charge on any atom is -0.312 e.